The molecule has 0 radical (unpaired) electrons. The lowest BCUT2D eigenvalue weighted by Gasteiger charge is -2.10. The van der Waals surface area contributed by atoms with Crippen LogP contribution in [0.25, 0.3) is 0 Å². The molecule has 21 heavy (non-hydrogen) atoms. The van der Waals surface area contributed by atoms with Crippen LogP contribution >= 0.6 is 15.9 Å². The summed E-state index contributed by atoms with van der Waals surface area (Å²) in [5, 5.41) is 0. The van der Waals surface area contributed by atoms with Crippen molar-refractivity contribution < 1.29 is 13.2 Å². The summed E-state index contributed by atoms with van der Waals surface area (Å²) in [6.45, 7) is 5.38. The molecule has 0 unspecified atom stereocenters. The molecule has 5 nitrogen and oxygen atoms in total. The van der Waals surface area contributed by atoms with E-state index in [-0.39, 0.29) is 11.0 Å². The molecule has 1 aromatic rings. The van der Waals surface area contributed by atoms with Gasteiger partial charge in [0.1, 0.15) is 0 Å². The number of ether oxygens (including phenoxy) is 1. The molecule has 0 atom stereocenters. The van der Waals surface area contributed by atoms with Crippen LogP contribution in [0.5, 0.6) is 0 Å². The molecule has 120 valence electrons. The van der Waals surface area contributed by atoms with Crippen LogP contribution in [-0.4, -0.2) is 27.7 Å². The number of rotatable bonds is 9. The summed E-state index contributed by atoms with van der Waals surface area (Å²) in [5.74, 6) is 0. The summed E-state index contributed by atoms with van der Waals surface area (Å²) in [5.41, 5.74) is 6.41. The molecule has 1 aromatic carbocycles. The highest BCUT2D eigenvalue weighted by Crippen LogP contribution is 2.23. The van der Waals surface area contributed by atoms with Gasteiger partial charge in [-0.2, -0.15) is 0 Å². The number of sulfonamides is 1. The Bertz CT molecular complexity index is 547. The summed E-state index contributed by atoms with van der Waals surface area (Å²) in [4.78, 5) is 0.234. The maximum Gasteiger partial charge on any atom is 0.241 e. The SMILES string of the molecule is CC(C)OCCCCNS(=O)(=O)c1ccc(CN)cc1Br. The fourth-order valence-electron chi connectivity index (χ4n) is 1.72. The smallest absolute Gasteiger partial charge is 0.241 e. The number of unbranched alkanes of at least 4 members (excludes halogenated alkanes) is 1. The van der Waals surface area contributed by atoms with Crippen LogP contribution in [0.15, 0.2) is 27.6 Å². The number of halogens is 1. The molecular formula is C14H23BrN2O3S. The van der Waals surface area contributed by atoms with Crippen LogP contribution in [-0.2, 0) is 21.3 Å². The van der Waals surface area contributed by atoms with Crippen LogP contribution in [0.3, 0.4) is 0 Å². The van der Waals surface area contributed by atoms with Crippen LogP contribution in [0.2, 0.25) is 0 Å². The molecule has 0 aliphatic rings. The molecule has 7 heteroatoms. The first-order chi connectivity index (χ1) is 9.86. The first-order valence-electron chi connectivity index (χ1n) is 6.96. The van der Waals surface area contributed by atoms with Gasteiger partial charge in [-0.3, -0.25) is 0 Å². The van der Waals surface area contributed by atoms with Gasteiger partial charge in [-0.05, 0) is 60.3 Å². The third-order valence-electron chi connectivity index (χ3n) is 2.84. The molecule has 1 rings (SSSR count). The van der Waals surface area contributed by atoms with Gasteiger partial charge in [0, 0.05) is 24.2 Å². The second kappa shape index (κ2) is 8.85. The standard InChI is InChI=1S/C14H23BrN2O3S/c1-11(2)20-8-4-3-7-17-21(18,19)14-6-5-12(10-16)9-13(14)15/h5-6,9,11,17H,3-4,7-8,10,16H2,1-2H3. The van der Waals surface area contributed by atoms with Crippen molar-refractivity contribution in [3.63, 3.8) is 0 Å². The van der Waals surface area contributed by atoms with Crippen LogP contribution in [0, 0.1) is 0 Å². The normalized spacial score (nSPS) is 12.0. The first kappa shape index (κ1) is 18.6. The second-order valence-electron chi connectivity index (χ2n) is 4.99. The Balaban J connectivity index is 2.50. The largest absolute Gasteiger partial charge is 0.379 e. The van der Waals surface area contributed by atoms with Crippen molar-refractivity contribution in [3.8, 4) is 0 Å². The number of nitrogens with two attached hydrogens (primary N) is 1. The molecule has 0 spiro atoms. The Morgan fingerprint density at radius 2 is 2.05 bits per heavy atom. The first-order valence-corrected chi connectivity index (χ1v) is 9.24. The molecule has 0 bridgehead atoms. The van der Waals surface area contributed by atoms with Crippen LogP contribution in [0.1, 0.15) is 32.3 Å². The highest BCUT2D eigenvalue weighted by Gasteiger charge is 2.17. The zero-order valence-electron chi connectivity index (χ0n) is 12.4. The average Bonchev–Trinajstić information content (AvgIpc) is 2.41. The van der Waals surface area contributed by atoms with E-state index in [1.54, 1.807) is 18.2 Å². The van der Waals surface area contributed by atoms with Crippen molar-refractivity contribution in [2.75, 3.05) is 13.2 Å². The van der Waals surface area contributed by atoms with E-state index >= 15 is 0 Å². The van der Waals surface area contributed by atoms with Crippen molar-refractivity contribution in [2.24, 2.45) is 5.73 Å². The number of nitrogens with one attached hydrogen (secondary N) is 1. The van der Waals surface area contributed by atoms with Crippen molar-refractivity contribution in [2.45, 2.75) is 44.2 Å². The van der Waals surface area contributed by atoms with E-state index in [9.17, 15) is 8.42 Å². The molecule has 3 N–H and O–H groups in total. The molecule has 0 saturated heterocycles. The van der Waals surface area contributed by atoms with Gasteiger partial charge in [-0.25, -0.2) is 13.1 Å². The van der Waals surface area contributed by atoms with Crippen LogP contribution < -0.4 is 10.5 Å². The van der Waals surface area contributed by atoms with Crippen molar-refractivity contribution in [3.05, 3.63) is 28.2 Å². The van der Waals surface area contributed by atoms with Gasteiger partial charge in [0.25, 0.3) is 0 Å². The van der Waals surface area contributed by atoms with Gasteiger partial charge in [-0.1, -0.05) is 6.07 Å². The van der Waals surface area contributed by atoms with Crippen molar-refractivity contribution in [1.82, 2.24) is 4.72 Å². The zero-order valence-corrected chi connectivity index (χ0v) is 14.8. The average molecular weight is 379 g/mol. The van der Waals surface area contributed by atoms with E-state index in [4.69, 9.17) is 10.5 Å². The Labute approximate surface area is 135 Å². The minimum atomic E-state index is -3.50. The van der Waals surface area contributed by atoms with E-state index in [1.165, 1.54) is 0 Å². The molecule has 0 aromatic heterocycles. The van der Waals surface area contributed by atoms with Crippen molar-refractivity contribution in [1.29, 1.82) is 0 Å². The van der Waals surface area contributed by atoms with E-state index in [0.29, 0.717) is 24.2 Å². The quantitative estimate of drug-likeness (QED) is 0.646. The monoisotopic (exact) mass is 378 g/mol. The topological polar surface area (TPSA) is 81.4 Å². The lowest BCUT2D eigenvalue weighted by atomic mass is 10.2. The van der Waals surface area contributed by atoms with Gasteiger partial charge in [0.05, 0.1) is 11.0 Å². The summed E-state index contributed by atoms with van der Waals surface area (Å²) >= 11 is 3.28. The maximum atomic E-state index is 12.2. The molecule has 0 amide bonds. The number of hydrogen-bond donors (Lipinski definition) is 2. The summed E-state index contributed by atoms with van der Waals surface area (Å²) in [6.07, 6.45) is 1.78. The highest BCUT2D eigenvalue weighted by atomic mass is 79.9. The maximum absolute atomic E-state index is 12.2. The Hall–Kier alpha value is -0.470. The minimum Gasteiger partial charge on any atom is -0.379 e. The lowest BCUT2D eigenvalue weighted by Crippen LogP contribution is -2.25. The fourth-order valence-corrected chi connectivity index (χ4v) is 3.92. The molecule has 0 aliphatic heterocycles. The predicted octanol–water partition coefficient (Wildman–Crippen LogP) is 2.39. The summed E-state index contributed by atoms with van der Waals surface area (Å²) < 4.78 is 32.9. The number of benzene rings is 1. The third kappa shape index (κ3) is 6.44. The predicted molar refractivity (Wildman–Crippen MR) is 87.5 cm³/mol. The van der Waals surface area contributed by atoms with E-state index in [1.807, 2.05) is 13.8 Å². The molecule has 0 fully saturated rings. The minimum absolute atomic E-state index is 0.207. The van der Waals surface area contributed by atoms with E-state index in [2.05, 4.69) is 20.7 Å². The summed E-state index contributed by atoms with van der Waals surface area (Å²) in [7, 11) is -3.50. The van der Waals surface area contributed by atoms with Gasteiger partial charge in [0.2, 0.25) is 10.0 Å². The van der Waals surface area contributed by atoms with Crippen LogP contribution in [0.4, 0.5) is 0 Å². The second-order valence-corrected chi connectivity index (χ2v) is 7.58. The molecule has 0 aliphatic carbocycles. The van der Waals surface area contributed by atoms with E-state index < -0.39 is 10.0 Å². The lowest BCUT2D eigenvalue weighted by molar-refractivity contribution is 0.0762. The Morgan fingerprint density at radius 1 is 1.33 bits per heavy atom. The van der Waals surface area contributed by atoms with Crippen molar-refractivity contribution >= 4 is 26.0 Å². The Morgan fingerprint density at radius 3 is 2.62 bits per heavy atom. The van der Waals surface area contributed by atoms with Gasteiger partial charge >= 0.3 is 0 Å². The van der Waals surface area contributed by atoms with E-state index in [0.717, 1.165) is 18.4 Å². The molecule has 0 heterocycles. The Kier molecular flexibility index (Phi) is 7.83. The van der Waals surface area contributed by atoms with Gasteiger partial charge in [-0.15, -0.1) is 0 Å². The fraction of sp³-hybridized carbons (Fsp3) is 0.571. The molecule has 0 saturated carbocycles. The molecular weight excluding hydrogens is 356 g/mol. The van der Waals surface area contributed by atoms with Gasteiger partial charge < -0.3 is 10.5 Å². The highest BCUT2D eigenvalue weighted by molar-refractivity contribution is 9.10. The van der Waals surface area contributed by atoms with Gasteiger partial charge in [0.15, 0.2) is 0 Å². The third-order valence-corrected chi connectivity index (χ3v) is 5.27. The summed E-state index contributed by atoms with van der Waals surface area (Å²) in [6, 6.07) is 5.01. The zero-order chi connectivity index (χ0) is 15.9. The number of hydrogen-bond acceptors (Lipinski definition) is 4.